The summed E-state index contributed by atoms with van der Waals surface area (Å²) < 4.78 is 0. The van der Waals surface area contributed by atoms with Crippen molar-refractivity contribution in [2.75, 3.05) is 0 Å². The van der Waals surface area contributed by atoms with E-state index in [2.05, 4.69) is 5.92 Å². The number of rotatable bonds is 2. The SMILES string of the molecule is NC(CC#CC(=O)O)C1CC1. The monoisotopic (exact) mass is 153 g/mol. The summed E-state index contributed by atoms with van der Waals surface area (Å²) in [5.41, 5.74) is 5.67. The molecule has 1 aliphatic rings. The largest absolute Gasteiger partial charge is 0.472 e. The fourth-order valence-corrected chi connectivity index (χ4v) is 0.936. The number of carbonyl (C=O) groups is 1. The Morgan fingerprint density at radius 2 is 2.36 bits per heavy atom. The first kappa shape index (κ1) is 8.09. The van der Waals surface area contributed by atoms with Crippen LogP contribution in [0.3, 0.4) is 0 Å². The van der Waals surface area contributed by atoms with E-state index >= 15 is 0 Å². The normalized spacial score (nSPS) is 18.3. The maximum atomic E-state index is 9.95. The lowest BCUT2D eigenvalue weighted by atomic mass is 10.1. The first-order valence-electron chi connectivity index (χ1n) is 3.67. The molecule has 1 rings (SSSR count). The summed E-state index contributed by atoms with van der Waals surface area (Å²) in [5.74, 6) is 4.10. The second-order valence-corrected chi connectivity index (χ2v) is 2.81. The number of hydrogen-bond acceptors (Lipinski definition) is 2. The highest BCUT2D eigenvalue weighted by atomic mass is 16.4. The number of hydrogen-bond donors (Lipinski definition) is 2. The van der Waals surface area contributed by atoms with Crippen LogP contribution < -0.4 is 5.73 Å². The van der Waals surface area contributed by atoms with Crippen LogP contribution in [0.2, 0.25) is 0 Å². The van der Waals surface area contributed by atoms with Gasteiger partial charge in [-0.1, -0.05) is 5.92 Å². The number of nitrogens with two attached hydrogens (primary N) is 1. The minimum absolute atomic E-state index is 0.0850. The lowest BCUT2D eigenvalue weighted by Gasteiger charge is -2.02. The van der Waals surface area contributed by atoms with E-state index in [0.29, 0.717) is 12.3 Å². The van der Waals surface area contributed by atoms with Crippen LogP contribution >= 0.6 is 0 Å². The molecule has 0 amide bonds. The molecule has 1 saturated carbocycles. The smallest absolute Gasteiger partial charge is 0.381 e. The maximum absolute atomic E-state index is 9.95. The Balaban J connectivity index is 2.21. The molecule has 3 N–H and O–H groups in total. The van der Waals surface area contributed by atoms with Gasteiger partial charge in [-0.2, -0.15) is 0 Å². The van der Waals surface area contributed by atoms with E-state index in [1.54, 1.807) is 0 Å². The Labute approximate surface area is 65.6 Å². The van der Waals surface area contributed by atoms with Crippen molar-refractivity contribution in [3.63, 3.8) is 0 Å². The predicted molar refractivity (Wildman–Crippen MR) is 40.7 cm³/mol. The molecule has 11 heavy (non-hydrogen) atoms. The van der Waals surface area contributed by atoms with Crippen LogP contribution in [-0.4, -0.2) is 17.1 Å². The van der Waals surface area contributed by atoms with E-state index in [-0.39, 0.29) is 6.04 Å². The average molecular weight is 153 g/mol. The summed E-state index contributed by atoms with van der Waals surface area (Å²) in [6.07, 6.45) is 2.86. The molecule has 1 unspecified atom stereocenters. The molecule has 0 aromatic rings. The summed E-state index contributed by atoms with van der Waals surface area (Å²) in [4.78, 5) is 9.95. The van der Waals surface area contributed by atoms with Gasteiger partial charge in [0, 0.05) is 18.4 Å². The van der Waals surface area contributed by atoms with Crippen molar-refractivity contribution in [3.05, 3.63) is 0 Å². The molecule has 3 nitrogen and oxygen atoms in total. The highest BCUT2D eigenvalue weighted by Crippen LogP contribution is 2.32. The van der Waals surface area contributed by atoms with Gasteiger partial charge in [-0.05, 0) is 18.8 Å². The molecular weight excluding hydrogens is 142 g/mol. The lowest BCUT2D eigenvalue weighted by Crippen LogP contribution is -2.21. The quantitative estimate of drug-likeness (QED) is 0.557. The molecule has 0 bridgehead atoms. The summed E-state index contributed by atoms with van der Waals surface area (Å²) in [6.45, 7) is 0. The van der Waals surface area contributed by atoms with Gasteiger partial charge in [0.2, 0.25) is 0 Å². The van der Waals surface area contributed by atoms with E-state index in [1.807, 2.05) is 5.92 Å². The van der Waals surface area contributed by atoms with Gasteiger partial charge in [0.25, 0.3) is 0 Å². The van der Waals surface area contributed by atoms with Crippen LogP contribution in [0.25, 0.3) is 0 Å². The van der Waals surface area contributed by atoms with Gasteiger partial charge < -0.3 is 10.8 Å². The first-order chi connectivity index (χ1) is 5.20. The van der Waals surface area contributed by atoms with Crippen molar-refractivity contribution in [3.8, 4) is 11.8 Å². The van der Waals surface area contributed by atoms with Crippen molar-refractivity contribution in [2.45, 2.75) is 25.3 Å². The van der Waals surface area contributed by atoms with E-state index in [1.165, 1.54) is 12.8 Å². The van der Waals surface area contributed by atoms with Crippen molar-refractivity contribution in [1.29, 1.82) is 0 Å². The fraction of sp³-hybridized carbons (Fsp3) is 0.625. The molecule has 0 spiro atoms. The molecular formula is C8H11NO2. The van der Waals surface area contributed by atoms with Crippen LogP contribution in [-0.2, 0) is 4.79 Å². The molecule has 0 heterocycles. The van der Waals surface area contributed by atoms with Crippen LogP contribution in [0, 0.1) is 17.8 Å². The van der Waals surface area contributed by atoms with Gasteiger partial charge in [-0.3, -0.25) is 0 Å². The van der Waals surface area contributed by atoms with Crippen LogP contribution in [0.4, 0.5) is 0 Å². The zero-order chi connectivity index (χ0) is 8.27. The molecule has 0 aromatic heterocycles. The second-order valence-electron chi connectivity index (χ2n) is 2.81. The Morgan fingerprint density at radius 3 is 2.82 bits per heavy atom. The third-order valence-electron chi connectivity index (χ3n) is 1.76. The van der Waals surface area contributed by atoms with Gasteiger partial charge in [0.1, 0.15) is 0 Å². The van der Waals surface area contributed by atoms with Crippen LogP contribution in [0.5, 0.6) is 0 Å². The first-order valence-corrected chi connectivity index (χ1v) is 3.67. The molecule has 0 aliphatic heterocycles. The van der Waals surface area contributed by atoms with Crippen molar-refractivity contribution >= 4 is 5.97 Å². The van der Waals surface area contributed by atoms with Gasteiger partial charge in [-0.15, -0.1) is 0 Å². The number of aliphatic carboxylic acids is 1. The molecule has 0 radical (unpaired) electrons. The highest BCUT2D eigenvalue weighted by Gasteiger charge is 2.27. The van der Waals surface area contributed by atoms with Crippen LogP contribution in [0.1, 0.15) is 19.3 Å². The molecule has 1 fully saturated rings. The Hall–Kier alpha value is -1.01. The van der Waals surface area contributed by atoms with Crippen molar-refractivity contribution < 1.29 is 9.90 Å². The zero-order valence-corrected chi connectivity index (χ0v) is 6.21. The molecule has 1 aliphatic carbocycles. The average Bonchev–Trinajstić information content (AvgIpc) is 2.66. The lowest BCUT2D eigenvalue weighted by molar-refractivity contribution is -0.130. The predicted octanol–water partition coefficient (Wildman–Crippen LogP) is 0.202. The Bertz CT molecular complexity index is 210. The minimum Gasteiger partial charge on any atom is -0.472 e. The van der Waals surface area contributed by atoms with Crippen LogP contribution in [0.15, 0.2) is 0 Å². The molecule has 3 heteroatoms. The van der Waals surface area contributed by atoms with Crippen molar-refractivity contribution in [1.82, 2.24) is 0 Å². The van der Waals surface area contributed by atoms with Gasteiger partial charge in [-0.25, -0.2) is 4.79 Å². The molecule has 1 atom stereocenters. The Kier molecular flexibility index (Phi) is 2.50. The van der Waals surface area contributed by atoms with E-state index in [9.17, 15) is 4.79 Å². The highest BCUT2D eigenvalue weighted by molar-refractivity contribution is 5.86. The van der Waals surface area contributed by atoms with E-state index in [0.717, 1.165) is 0 Å². The summed E-state index contributed by atoms with van der Waals surface area (Å²) in [6, 6.07) is 0.0850. The van der Waals surface area contributed by atoms with Crippen molar-refractivity contribution in [2.24, 2.45) is 11.7 Å². The van der Waals surface area contributed by atoms with Gasteiger partial charge in [0.05, 0.1) is 0 Å². The molecule has 0 aromatic carbocycles. The summed E-state index contributed by atoms with van der Waals surface area (Å²) in [7, 11) is 0. The number of carboxylic acid groups (broad SMARTS) is 1. The third kappa shape index (κ3) is 3.06. The van der Waals surface area contributed by atoms with E-state index in [4.69, 9.17) is 10.8 Å². The Morgan fingerprint density at radius 1 is 1.73 bits per heavy atom. The minimum atomic E-state index is -1.08. The molecule has 60 valence electrons. The fourth-order valence-electron chi connectivity index (χ4n) is 0.936. The van der Waals surface area contributed by atoms with Gasteiger partial charge in [0.15, 0.2) is 0 Å². The summed E-state index contributed by atoms with van der Waals surface area (Å²) >= 11 is 0. The topological polar surface area (TPSA) is 63.3 Å². The zero-order valence-electron chi connectivity index (χ0n) is 6.21. The maximum Gasteiger partial charge on any atom is 0.381 e. The summed E-state index contributed by atoms with van der Waals surface area (Å²) in [5, 5.41) is 8.17. The number of carboxylic acids is 1. The standard InChI is InChI=1S/C8H11NO2/c9-7(6-4-5-6)2-1-3-8(10)11/h6-7H,2,4-5,9H2,(H,10,11). The van der Waals surface area contributed by atoms with E-state index < -0.39 is 5.97 Å². The third-order valence-corrected chi connectivity index (χ3v) is 1.76. The van der Waals surface area contributed by atoms with Gasteiger partial charge >= 0.3 is 5.97 Å². The second kappa shape index (κ2) is 3.40. The molecule has 0 saturated heterocycles.